The Morgan fingerprint density at radius 3 is 2.71 bits per heavy atom. The molecule has 0 bridgehead atoms. The van der Waals surface area contributed by atoms with E-state index in [4.69, 9.17) is 0 Å². The Morgan fingerprint density at radius 2 is 1.95 bits per heavy atom. The fourth-order valence-corrected chi connectivity index (χ4v) is 2.39. The van der Waals surface area contributed by atoms with E-state index in [9.17, 15) is 4.79 Å². The number of hydrogen-bond acceptors (Lipinski definition) is 3. The number of nitrogens with zero attached hydrogens (tertiary/aromatic N) is 4. The summed E-state index contributed by atoms with van der Waals surface area (Å²) in [5.74, 6) is 0.664. The molecule has 2 aromatic heterocycles. The lowest BCUT2D eigenvalue weighted by Crippen LogP contribution is -2.24. The van der Waals surface area contributed by atoms with Gasteiger partial charge in [0.1, 0.15) is 10.3 Å². The molecule has 0 N–H and O–H groups in total. The number of benzene rings is 1. The van der Waals surface area contributed by atoms with Crippen LogP contribution in [-0.4, -0.2) is 19.3 Å². The summed E-state index contributed by atoms with van der Waals surface area (Å²) >= 11 is 3.21. The molecular weight excluding hydrogens is 332 g/mol. The lowest BCUT2D eigenvalue weighted by molar-refractivity contribution is 0.671. The van der Waals surface area contributed by atoms with Gasteiger partial charge in [0.05, 0.1) is 17.9 Å². The van der Waals surface area contributed by atoms with Crippen molar-refractivity contribution in [3.8, 4) is 5.69 Å². The van der Waals surface area contributed by atoms with E-state index in [0.717, 1.165) is 11.4 Å². The van der Waals surface area contributed by atoms with Gasteiger partial charge in [-0.1, -0.05) is 18.2 Å². The first kappa shape index (κ1) is 13.8. The average molecular weight is 345 g/mol. The van der Waals surface area contributed by atoms with E-state index < -0.39 is 0 Å². The lowest BCUT2D eigenvalue weighted by Gasteiger charge is -2.07. The average Bonchev–Trinajstić information content (AvgIpc) is 2.97. The van der Waals surface area contributed by atoms with Crippen LogP contribution in [0.1, 0.15) is 11.5 Å². The van der Waals surface area contributed by atoms with Gasteiger partial charge >= 0.3 is 0 Å². The minimum atomic E-state index is -0.100. The smallest absolute Gasteiger partial charge is 0.268 e. The van der Waals surface area contributed by atoms with Gasteiger partial charge in [-0.2, -0.15) is 5.10 Å². The highest BCUT2D eigenvalue weighted by molar-refractivity contribution is 9.10. The normalized spacial score (nSPS) is 10.8. The van der Waals surface area contributed by atoms with Crippen molar-refractivity contribution in [2.45, 2.75) is 13.5 Å². The van der Waals surface area contributed by atoms with E-state index in [0.29, 0.717) is 16.8 Å². The zero-order chi connectivity index (χ0) is 14.8. The first-order chi connectivity index (χ1) is 10.1. The second kappa shape index (κ2) is 5.65. The van der Waals surface area contributed by atoms with Crippen LogP contribution in [0.15, 0.2) is 58.1 Å². The van der Waals surface area contributed by atoms with Crippen molar-refractivity contribution in [2.24, 2.45) is 0 Å². The van der Waals surface area contributed by atoms with Crippen molar-refractivity contribution in [3.05, 3.63) is 75.1 Å². The molecule has 0 atom stereocenters. The van der Waals surface area contributed by atoms with Crippen molar-refractivity contribution in [3.63, 3.8) is 0 Å². The third kappa shape index (κ3) is 2.80. The molecule has 2 heterocycles. The zero-order valence-electron chi connectivity index (χ0n) is 11.4. The SMILES string of the molecule is Cc1ncc(Br)c(=O)n1Cc1ccn(-c2ccccc2)n1. The van der Waals surface area contributed by atoms with Gasteiger partial charge in [0, 0.05) is 12.4 Å². The summed E-state index contributed by atoms with van der Waals surface area (Å²) in [5, 5.41) is 4.50. The van der Waals surface area contributed by atoms with E-state index in [-0.39, 0.29) is 5.56 Å². The van der Waals surface area contributed by atoms with Gasteiger partial charge < -0.3 is 0 Å². The van der Waals surface area contributed by atoms with E-state index in [1.807, 2.05) is 49.5 Å². The fourth-order valence-electron chi connectivity index (χ4n) is 2.07. The predicted octanol–water partition coefficient (Wildman–Crippen LogP) is 2.55. The van der Waals surface area contributed by atoms with Crippen molar-refractivity contribution in [2.75, 3.05) is 0 Å². The molecule has 106 valence electrons. The molecule has 5 nitrogen and oxygen atoms in total. The van der Waals surface area contributed by atoms with Gasteiger partial charge in [-0.3, -0.25) is 9.36 Å². The first-order valence-corrected chi connectivity index (χ1v) is 7.26. The maximum absolute atomic E-state index is 12.1. The molecule has 0 spiro atoms. The van der Waals surface area contributed by atoms with Gasteiger partial charge in [-0.15, -0.1) is 0 Å². The molecule has 3 aromatic rings. The minimum Gasteiger partial charge on any atom is -0.290 e. The molecule has 21 heavy (non-hydrogen) atoms. The molecule has 0 radical (unpaired) electrons. The highest BCUT2D eigenvalue weighted by Crippen LogP contribution is 2.08. The van der Waals surface area contributed by atoms with Crippen molar-refractivity contribution in [1.82, 2.24) is 19.3 Å². The van der Waals surface area contributed by atoms with Gasteiger partial charge in [0.25, 0.3) is 5.56 Å². The second-order valence-electron chi connectivity index (χ2n) is 4.63. The zero-order valence-corrected chi connectivity index (χ0v) is 13.0. The molecule has 0 saturated carbocycles. The van der Waals surface area contributed by atoms with Gasteiger partial charge in [-0.05, 0) is 41.1 Å². The standard InChI is InChI=1S/C15H13BrN4O/c1-11-17-9-14(16)15(21)19(11)10-12-7-8-20(18-12)13-5-3-2-4-6-13/h2-9H,10H2,1H3. The molecule has 6 heteroatoms. The number of halogens is 1. The van der Waals surface area contributed by atoms with Crippen molar-refractivity contribution < 1.29 is 0 Å². The van der Waals surface area contributed by atoms with Crippen molar-refractivity contribution in [1.29, 1.82) is 0 Å². The molecule has 0 aliphatic rings. The molecule has 0 amide bonds. The Kier molecular flexibility index (Phi) is 3.70. The third-order valence-corrected chi connectivity index (χ3v) is 3.73. The van der Waals surface area contributed by atoms with Crippen LogP contribution < -0.4 is 5.56 Å². The van der Waals surface area contributed by atoms with E-state index in [2.05, 4.69) is 26.0 Å². The summed E-state index contributed by atoms with van der Waals surface area (Å²) in [6.45, 7) is 2.21. The van der Waals surface area contributed by atoms with Gasteiger partial charge in [0.2, 0.25) is 0 Å². The largest absolute Gasteiger partial charge is 0.290 e. The minimum absolute atomic E-state index is 0.100. The highest BCUT2D eigenvalue weighted by Gasteiger charge is 2.08. The summed E-state index contributed by atoms with van der Waals surface area (Å²) in [6, 6.07) is 11.8. The molecule has 1 aromatic carbocycles. The Morgan fingerprint density at radius 1 is 1.19 bits per heavy atom. The quantitative estimate of drug-likeness (QED) is 0.733. The van der Waals surface area contributed by atoms with Crippen LogP contribution in [0, 0.1) is 6.92 Å². The summed E-state index contributed by atoms with van der Waals surface area (Å²) < 4.78 is 3.85. The molecule has 0 saturated heterocycles. The maximum atomic E-state index is 12.1. The van der Waals surface area contributed by atoms with Crippen LogP contribution in [-0.2, 0) is 6.54 Å². The van der Waals surface area contributed by atoms with Crippen LogP contribution >= 0.6 is 15.9 Å². The number of aryl methyl sites for hydroxylation is 1. The van der Waals surface area contributed by atoms with Crippen LogP contribution in [0.3, 0.4) is 0 Å². The fraction of sp³-hybridized carbons (Fsp3) is 0.133. The van der Waals surface area contributed by atoms with Crippen LogP contribution in [0.4, 0.5) is 0 Å². The van der Waals surface area contributed by atoms with Gasteiger partial charge in [-0.25, -0.2) is 9.67 Å². The predicted molar refractivity (Wildman–Crippen MR) is 83.6 cm³/mol. The molecule has 3 rings (SSSR count). The number of rotatable bonds is 3. The number of para-hydroxylation sites is 1. The van der Waals surface area contributed by atoms with E-state index in [1.54, 1.807) is 9.25 Å². The van der Waals surface area contributed by atoms with Crippen LogP contribution in [0.2, 0.25) is 0 Å². The van der Waals surface area contributed by atoms with E-state index in [1.165, 1.54) is 6.20 Å². The molecule has 0 aliphatic heterocycles. The maximum Gasteiger partial charge on any atom is 0.268 e. The third-order valence-electron chi connectivity index (χ3n) is 3.19. The van der Waals surface area contributed by atoms with Crippen molar-refractivity contribution >= 4 is 15.9 Å². The molecule has 0 unspecified atom stereocenters. The number of aromatic nitrogens is 4. The summed E-state index contributed by atoms with van der Waals surface area (Å²) in [6.07, 6.45) is 3.41. The molecule has 0 aliphatic carbocycles. The molecule has 0 fully saturated rings. The summed E-state index contributed by atoms with van der Waals surface area (Å²) in [5.41, 5.74) is 1.70. The Bertz CT molecular complexity index is 823. The Balaban J connectivity index is 1.93. The number of hydrogen-bond donors (Lipinski definition) is 0. The lowest BCUT2D eigenvalue weighted by atomic mass is 10.3. The highest BCUT2D eigenvalue weighted by atomic mass is 79.9. The van der Waals surface area contributed by atoms with Gasteiger partial charge in [0.15, 0.2) is 0 Å². The Labute approximate surface area is 130 Å². The summed E-state index contributed by atoms with van der Waals surface area (Å²) in [7, 11) is 0. The van der Waals surface area contributed by atoms with E-state index >= 15 is 0 Å². The first-order valence-electron chi connectivity index (χ1n) is 6.47. The molecular formula is C15H13BrN4O. The van der Waals surface area contributed by atoms with Crippen LogP contribution in [0.25, 0.3) is 5.69 Å². The summed E-state index contributed by atoms with van der Waals surface area (Å²) in [4.78, 5) is 16.3. The van der Waals surface area contributed by atoms with Crippen LogP contribution in [0.5, 0.6) is 0 Å². The Hall–Kier alpha value is -2.21. The monoisotopic (exact) mass is 344 g/mol. The second-order valence-corrected chi connectivity index (χ2v) is 5.49. The topological polar surface area (TPSA) is 52.7 Å².